The molecule has 0 amide bonds. The minimum Gasteiger partial charge on any atom is -0.493 e. The molecule has 2 aromatic heterocycles. The summed E-state index contributed by atoms with van der Waals surface area (Å²) in [5.74, 6) is 2.87. The summed E-state index contributed by atoms with van der Waals surface area (Å²) in [4.78, 5) is 23.1. The van der Waals surface area contributed by atoms with Gasteiger partial charge in [-0.3, -0.25) is 4.79 Å². The molecule has 0 saturated carbocycles. The first-order valence-electron chi connectivity index (χ1n) is 17.0. The van der Waals surface area contributed by atoms with Crippen LogP contribution in [-0.2, 0) is 17.6 Å². The highest BCUT2D eigenvalue weighted by Crippen LogP contribution is 2.40. The molecule has 0 saturated heterocycles. The number of nitrogens with zero attached hydrogens (tertiary/aromatic N) is 2. The number of thiazole rings is 2. The minimum absolute atomic E-state index is 0.259. The number of carbonyl (C=O) groups excluding carboxylic acids is 1. The maximum Gasteiger partial charge on any atom is 0.280 e. The van der Waals surface area contributed by atoms with Crippen LogP contribution in [0.1, 0.15) is 50.7 Å². The number of ether oxygens (including phenoxy) is 4. The van der Waals surface area contributed by atoms with Crippen molar-refractivity contribution in [1.29, 1.82) is 0 Å². The van der Waals surface area contributed by atoms with Crippen molar-refractivity contribution in [2.75, 3.05) is 26.7 Å². The monoisotopic (exact) mass is 776 g/mol. The smallest absolute Gasteiger partial charge is 0.280 e. The number of aromatic nitrogens is 2. The minimum atomic E-state index is -0.259. The molecule has 0 spiro atoms. The number of aryl methyl sites for hydroxylation is 2. The molecule has 12 heteroatoms. The first kappa shape index (κ1) is 39.4. The lowest BCUT2D eigenvalue weighted by Gasteiger charge is -2.11. The van der Waals surface area contributed by atoms with Crippen molar-refractivity contribution in [3.8, 4) is 33.4 Å². The number of methoxy groups -OCH3 is 2. The number of aliphatic hydroxyl groups is 1. The highest BCUT2D eigenvalue weighted by Gasteiger charge is 2.15. The Morgan fingerprint density at radius 3 is 1.67 bits per heavy atom. The van der Waals surface area contributed by atoms with Crippen molar-refractivity contribution < 1.29 is 28.8 Å². The van der Waals surface area contributed by atoms with Gasteiger partial charge in [0.1, 0.15) is 5.78 Å². The van der Waals surface area contributed by atoms with Gasteiger partial charge in [0.2, 0.25) is 0 Å². The number of hydrogen-bond acceptors (Lipinski definition) is 12. The normalized spacial score (nSPS) is 11.6. The van der Waals surface area contributed by atoms with Gasteiger partial charge < -0.3 is 24.1 Å². The number of thioether (sulfide) groups is 2. The van der Waals surface area contributed by atoms with Gasteiger partial charge in [0.15, 0.2) is 23.0 Å². The number of benzene rings is 4. The third-order valence-electron chi connectivity index (χ3n) is 8.34. The van der Waals surface area contributed by atoms with Crippen LogP contribution in [0.5, 0.6) is 33.4 Å². The van der Waals surface area contributed by atoms with E-state index in [0.717, 1.165) is 60.6 Å². The lowest BCUT2D eigenvalue weighted by atomic mass is 10.1. The van der Waals surface area contributed by atoms with Gasteiger partial charge in [-0.05, 0) is 97.9 Å². The molecule has 2 heterocycles. The van der Waals surface area contributed by atoms with E-state index in [0.29, 0.717) is 52.6 Å². The molecule has 0 fully saturated rings. The SMILES string of the molecule is CCC(=O)CCc1ccc(Oc2nc3c(SC)cccc3s2)c(OC)c1.CCC(O)CCc1ccc(Oc2nc3c(SC)cccc3s2)c(OC)c1. The third-order valence-corrected chi connectivity index (χ3v) is 11.7. The maximum atomic E-state index is 11.5. The van der Waals surface area contributed by atoms with Crippen molar-refractivity contribution in [2.45, 2.75) is 68.3 Å². The second-order valence-electron chi connectivity index (χ2n) is 11.7. The van der Waals surface area contributed by atoms with Crippen LogP contribution in [0.15, 0.2) is 82.6 Å². The molecule has 1 atom stereocenters. The molecular weight excluding hydrogens is 733 g/mol. The average molecular weight is 777 g/mol. The largest absolute Gasteiger partial charge is 0.493 e. The van der Waals surface area contributed by atoms with Crippen LogP contribution in [0.25, 0.3) is 20.4 Å². The van der Waals surface area contributed by atoms with Crippen molar-refractivity contribution in [3.63, 3.8) is 0 Å². The Balaban J connectivity index is 0.000000201. The van der Waals surface area contributed by atoms with Gasteiger partial charge in [0.25, 0.3) is 10.4 Å². The topological polar surface area (TPSA) is 100 Å². The van der Waals surface area contributed by atoms with E-state index in [1.54, 1.807) is 37.7 Å². The fourth-order valence-corrected chi connectivity index (χ4v) is 8.28. The van der Waals surface area contributed by atoms with Gasteiger partial charge >= 0.3 is 0 Å². The molecule has 274 valence electrons. The zero-order chi connectivity index (χ0) is 37.0. The second kappa shape index (κ2) is 19.3. The van der Waals surface area contributed by atoms with E-state index in [-0.39, 0.29) is 11.9 Å². The van der Waals surface area contributed by atoms with Crippen molar-refractivity contribution in [2.24, 2.45) is 0 Å². The summed E-state index contributed by atoms with van der Waals surface area (Å²) in [6, 6.07) is 24.0. The van der Waals surface area contributed by atoms with E-state index in [9.17, 15) is 9.90 Å². The van der Waals surface area contributed by atoms with Gasteiger partial charge in [-0.2, -0.15) is 0 Å². The average Bonchev–Trinajstić information content (AvgIpc) is 3.80. The third kappa shape index (κ3) is 10.2. The first-order valence-corrected chi connectivity index (χ1v) is 21.1. The van der Waals surface area contributed by atoms with E-state index < -0.39 is 0 Å². The molecule has 1 unspecified atom stereocenters. The molecule has 0 radical (unpaired) electrons. The number of hydrogen-bond donors (Lipinski definition) is 1. The van der Waals surface area contributed by atoms with Crippen LogP contribution < -0.4 is 18.9 Å². The van der Waals surface area contributed by atoms with Crippen LogP contribution in [-0.4, -0.2) is 53.7 Å². The summed E-state index contributed by atoms with van der Waals surface area (Å²) in [5.41, 5.74) is 4.12. The van der Waals surface area contributed by atoms with Crippen molar-refractivity contribution in [3.05, 3.63) is 83.9 Å². The highest BCUT2D eigenvalue weighted by molar-refractivity contribution is 7.99. The van der Waals surface area contributed by atoms with Crippen LogP contribution in [0.4, 0.5) is 0 Å². The van der Waals surface area contributed by atoms with Gasteiger partial charge in [0.05, 0.1) is 40.8 Å². The summed E-state index contributed by atoms with van der Waals surface area (Å²) < 4.78 is 25.2. The van der Waals surface area contributed by atoms with E-state index in [1.807, 2.05) is 81.0 Å². The van der Waals surface area contributed by atoms with Crippen molar-refractivity contribution >= 4 is 72.4 Å². The zero-order valence-corrected chi connectivity index (χ0v) is 33.5. The van der Waals surface area contributed by atoms with Crippen LogP contribution in [0.2, 0.25) is 0 Å². The van der Waals surface area contributed by atoms with Gasteiger partial charge in [-0.15, -0.1) is 23.5 Å². The molecule has 8 nitrogen and oxygen atoms in total. The molecule has 6 aromatic rings. The number of rotatable bonds is 16. The highest BCUT2D eigenvalue weighted by atomic mass is 32.2. The standard InChI is InChI=1S/C20H23NO3S2.C20H21NO3S2/c2*1-4-14(22)10-8-13-9-11-15(16(12-13)23-2)24-20-21-19-17(25-3)6-5-7-18(19)26-20/h5-7,9,11-12,14,22H,4,8,10H2,1-3H3;5-7,9,11-12H,4,8,10H2,1-3H3. The van der Waals surface area contributed by atoms with Crippen molar-refractivity contribution in [1.82, 2.24) is 9.97 Å². The second-order valence-corrected chi connectivity index (χ2v) is 15.4. The number of carbonyl (C=O) groups is 1. The quantitative estimate of drug-likeness (QED) is 0.0956. The molecule has 0 bridgehead atoms. The van der Waals surface area contributed by atoms with Crippen LogP contribution >= 0.6 is 46.2 Å². The lowest BCUT2D eigenvalue weighted by molar-refractivity contribution is -0.118. The fraction of sp³-hybridized carbons (Fsp3) is 0.325. The summed E-state index contributed by atoms with van der Waals surface area (Å²) in [6.07, 6.45) is 7.99. The van der Waals surface area contributed by atoms with E-state index in [4.69, 9.17) is 18.9 Å². The molecule has 1 N–H and O–H groups in total. The molecule has 6 rings (SSSR count). The first-order chi connectivity index (χ1) is 25.3. The summed E-state index contributed by atoms with van der Waals surface area (Å²) >= 11 is 6.40. The molecule has 52 heavy (non-hydrogen) atoms. The van der Waals surface area contributed by atoms with Gasteiger partial charge in [-0.25, -0.2) is 9.97 Å². The van der Waals surface area contributed by atoms with E-state index >= 15 is 0 Å². The number of fused-ring (bicyclic) bond motifs is 2. The predicted octanol–water partition coefficient (Wildman–Crippen LogP) is 11.3. The zero-order valence-electron chi connectivity index (χ0n) is 30.3. The lowest BCUT2D eigenvalue weighted by Crippen LogP contribution is -2.05. The Bertz CT molecular complexity index is 2100. The van der Waals surface area contributed by atoms with Gasteiger partial charge in [-0.1, -0.05) is 60.8 Å². The molecule has 0 aliphatic carbocycles. The summed E-state index contributed by atoms with van der Waals surface area (Å²) in [6.45, 7) is 3.88. The number of ketones is 1. The molecule has 0 aliphatic rings. The predicted molar refractivity (Wildman–Crippen MR) is 217 cm³/mol. The molecule has 4 aromatic carbocycles. The fourth-order valence-electron chi connectivity index (χ4n) is 5.31. The maximum absolute atomic E-state index is 11.5. The van der Waals surface area contributed by atoms with Crippen LogP contribution in [0.3, 0.4) is 0 Å². The number of aliphatic hydroxyl groups excluding tert-OH is 1. The van der Waals surface area contributed by atoms with Crippen LogP contribution in [0, 0.1) is 0 Å². The Morgan fingerprint density at radius 1 is 0.731 bits per heavy atom. The number of para-hydroxylation sites is 2. The Hall–Kier alpha value is -3.81. The molecule has 0 aliphatic heterocycles. The summed E-state index contributed by atoms with van der Waals surface area (Å²) in [7, 11) is 3.25. The van der Waals surface area contributed by atoms with E-state index in [1.165, 1.54) is 22.7 Å². The Morgan fingerprint density at radius 2 is 1.23 bits per heavy atom. The Labute approximate surface area is 321 Å². The molecular formula is C40H44N2O6S4. The van der Waals surface area contributed by atoms with Gasteiger partial charge in [0, 0.05) is 22.6 Å². The Kier molecular flexibility index (Phi) is 14.6. The summed E-state index contributed by atoms with van der Waals surface area (Å²) in [5, 5.41) is 10.9. The number of Topliss-reactive ketones (excluding diaryl/α,β-unsaturated/α-hetero) is 1. The van der Waals surface area contributed by atoms with E-state index in [2.05, 4.69) is 28.2 Å².